The van der Waals surface area contributed by atoms with E-state index in [2.05, 4.69) is 4.98 Å². The maximum Gasteiger partial charge on any atom is 0.249 e. The molecule has 0 spiro atoms. The smallest absolute Gasteiger partial charge is 0.249 e. The Morgan fingerprint density at radius 2 is 1.83 bits per heavy atom. The van der Waals surface area contributed by atoms with Crippen LogP contribution in [0.3, 0.4) is 0 Å². The Morgan fingerprint density at radius 3 is 2.48 bits per heavy atom. The zero-order chi connectivity index (χ0) is 16.2. The molecule has 114 valence electrons. The lowest BCUT2D eigenvalue weighted by Crippen LogP contribution is -2.15. The van der Waals surface area contributed by atoms with E-state index in [1.807, 2.05) is 30.3 Å². The van der Waals surface area contributed by atoms with Crippen molar-refractivity contribution in [1.82, 2.24) is 4.98 Å². The van der Waals surface area contributed by atoms with Gasteiger partial charge in [0.1, 0.15) is 5.82 Å². The molecule has 3 rings (SSSR count). The Balaban J connectivity index is 2.13. The van der Waals surface area contributed by atoms with Crippen molar-refractivity contribution >= 4 is 5.91 Å². The first-order valence-corrected chi connectivity index (χ1v) is 7.22. The van der Waals surface area contributed by atoms with Gasteiger partial charge in [-0.3, -0.25) is 9.78 Å². The topological polar surface area (TPSA) is 56.0 Å². The molecule has 23 heavy (non-hydrogen) atoms. The van der Waals surface area contributed by atoms with Gasteiger partial charge in [0, 0.05) is 41.1 Å². The summed E-state index contributed by atoms with van der Waals surface area (Å²) in [5.41, 5.74) is 7.91. The Labute approximate surface area is 133 Å². The van der Waals surface area contributed by atoms with Gasteiger partial charge in [0.2, 0.25) is 5.91 Å². The molecule has 0 bridgehead atoms. The van der Waals surface area contributed by atoms with Crippen LogP contribution in [0.2, 0.25) is 0 Å². The molecular formula is C19H15FN2O. The summed E-state index contributed by atoms with van der Waals surface area (Å²) in [6.45, 7) is 0. The van der Waals surface area contributed by atoms with Gasteiger partial charge in [-0.05, 0) is 17.7 Å². The minimum Gasteiger partial charge on any atom is -0.366 e. The number of pyridine rings is 1. The van der Waals surface area contributed by atoms with E-state index in [1.165, 1.54) is 0 Å². The summed E-state index contributed by atoms with van der Waals surface area (Å²) in [5, 5.41) is 0. The monoisotopic (exact) mass is 306 g/mol. The molecule has 0 fully saturated rings. The van der Waals surface area contributed by atoms with Gasteiger partial charge in [0.05, 0.1) is 0 Å². The summed E-state index contributed by atoms with van der Waals surface area (Å²) < 4.78 is 15.0. The van der Waals surface area contributed by atoms with Gasteiger partial charge in [-0.25, -0.2) is 4.39 Å². The molecule has 3 nitrogen and oxygen atoms in total. The van der Waals surface area contributed by atoms with Gasteiger partial charge in [0.25, 0.3) is 0 Å². The lowest BCUT2D eigenvalue weighted by Gasteiger charge is -2.12. The number of hydrogen-bond donors (Lipinski definition) is 1. The first kappa shape index (κ1) is 14.9. The highest BCUT2D eigenvalue weighted by molar-refractivity contribution is 5.95. The number of halogens is 1. The van der Waals surface area contributed by atoms with Crippen LogP contribution in [0.4, 0.5) is 4.39 Å². The zero-order valence-electron chi connectivity index (χ0n) is 12.4. The Morgan fingerprint density at radius 1 is 1.04 bits per heavy atom. The van der Waals surface area contributed by atoms with Gasteiger partial charge < -0.3 is 5.73 Å². The number of benzene rings is 2. The van der Waals surface area contributed by atoms with Crippen molar-refractivity contribution < 1.29 is 9.18 Å². The average Bonchev–Trinajstić information content (AvgIpc) is 2.58. The number of nitrogens with two attached hydrogens (primary N) is 1. The fourth-order valence-electron chi connectivity index (χ4n) is 2.57. The lowest BCUT2D eigenvalue weighted by molar-refractivity contribution is 0.0999. The summed E-state index contributed by atoms with van der Waals surface area (Å²) >= 11 is 0. The Bertz CT molecular complexity index is 833. The van der Waals surface area contributed by atoms with Crippen molar-refractivity contribution in [3.8, 4) is 11.1 Å². The van der Waals surface area contributed by atoms with Gasteiger partial charge >= 0.3 is 0 Å². The van der Waals surface area contributed by atoms with Crippen molar-refractivity contribution in [3.63, 3.8) is 0 Å². The second-order valence-corrected chi connectivity index (χ2v) is 5.22. The normalized spacial score (nSPS) is 10.5. The maximum atomic E-state index is 15.0. The number of carbonyl (C=O) groups is 1. The van der Waals surface area contributed by atoms with E-state index < -0.39 is 11.7 Å². The SMILES string of the molecule is NC(=O)c1ccc(-c2cccnc2)c(F)c1Cc1ccccc1. The van der Waals surface area contributed by atoms with Crippen molar-refractivity contribution in [2.45, 2.75) is 6.42 Å². The molecule has 1 amide bonds. The predicted molar refractivity (Wildman–Crippen MR) is 87.4 cm³/mol. The number of nitrogens with zero attached hydrogens (tertiary/aromatic N) is 1. The van der Waals surface area contributed by atoms with Crippen LogP contribution in [-0.2, 0) is 6.42 Å². The molecule has 2 aromatic carbocycles. The Hall–Kier alpha value is -3.01. The maximum absolute atomic E-state index is 15.0. The molecule has 4 heteroatoms. The molecular weight excluding hydrogens is 291 g/mol. The van der Waals surface area contributed by atoms with Crippen LogP contribution < -0.4 is 5.73 Å². The van der Waals surface area contributed by atoms with E-state index in [1.54, 1.807) is 36.7 Å². The van der Waals surface area contributed by atoms with Crippen LogP contribution in [0.1, 0.15) is 21.5 Å². The molecule has 1 aromatic heterocycles. The van der Waals surface area contributed by atoms with Crippen molar-refractivity contribution in [2.75, 3.05) is 0 Å². The van der Waals surface area contributed by atoms with Crippen molar-refractivity contribution in [2.24, 2.45) is 5.73 Å². The van der Waals surface area contributed by atoms with E-state index in [0.717, 1.165) is 5.56 Å². The molecule has 3 aromatic rings. The second-order valence-electron chi connectivity index (χ2n) is 5.22. The number of amides is 1. The van der Waals surface area contributed by atoms with E-state index >= 15 is 4.39 Å². The fourth-order valence-corrected chi connectivity index (χ4v) is 2.57. The molecule has 0 radical (unpaired) electrons. The standard InChI is InChI=1S/C19H15FN2O/c20-18-15(14-7-4-10-22-12-14)8-9-16(19(21)23)17(18)11-13-5-2-1-3-6-13/h1-10,12H,11H2,(H2,21,23). The zero-order valence-corrected chi connectivity index (χ0v) is 12.4. The summed E-state index contributed by atoms with van der Waals surface area (Å²) in [5.74, 6) is -1.06. The number of aromatic nitrogens is 1. The molecule has 0 aliphatic carbocycles. The quantitative estimate of drug-likeness (QED) is 0.801. The molecule has 0 saturated carbocycles. The largest absolute Gasteiger partial charge is 0.366 e. The molecule has 0 saturated heterocycles. The summed E-state index contributed by atoms with van der Waals surface area (Å²) in [4.78, 5) is 15.7. The van der Waals surface area contributed by atoms with Crippen LogP contribution >= 0.6 is 0 Å². The van der Waals surface area contributed by atoms with Crippen LogP contribution in [-0.4, -0.2) is 10.9 Å². The average molecular weight is 306 g/mol. The molecule has 0 aliphatic heterocycles. The predicted octanol–water partition coefficient (Wildman–Crippen LogP) is 3.58. The Kier molecular flexibility index (Phi) is 4.15. The van der Waals surface area contributed by atoms with E-state index in [-0.39, 0.29) is 5.56 Å². The molecule has 2 N–H and O–H groups in total. The highest BCUT2D eigenvalue weighted by atomic mass is 19.1. The summed E-state index contributed by atoms with van der Waals surface area (Å²) in [6.07, 6.45) is 3.53. The first-order valence-electron chi connectivity index (χ1n) is 7.22. The third-order valence-corrected chi connectivity index (χ3v) is 3.70. The molecule has 0 atom stereocenters. The van der Waals surface area contributed by atoms with Gasteiger partial charge in [-0.2, -0.15) is 0 Å². The lowest BCUT2D eigenvalue weighted by atomic mass is 9.94. The highest BCUT2D eigenvalue weighted by Gasteiger charge is 2.18. The molecule has 0 unspecified atom stereocenters. The van der Waals surface area contributed by atoms with E-state index in [9.17, 15) is 4.79 Å². The van der Waals surface area contributed by atoms with Crippen LogP contribution in [0.5, 0.6) is 0 Å². The minimum absolute atomic E-state index is 0.207. The van der Waals surface area contributed by atoms with Crippen molar-refractivity contribution in [3.05, 3.63) is 89.5 Å². The minimum atomic E-state index is -0.632. The fraction of sp³-hybridized carbons (Fsp3) is 0.0526. The molecule has 1 heterocycles. The number of rotatable bonds is 4. The molecule has 0 aliphatic rings. The van der Waals surface area contributed by atoms with Crippen LogP contribution in [0, 0.1) is 5.82 Å². The van der Waals surface area contributed by atoms with Crippen LogP contribution in [0.15, 0.2) is 67.0 Å². The van der Waals surface area contributed by atoms with Crippen LogP contribution in [0.25, 0.3) is 11.1 Å². The van der Waals surface area contributed by atoms with Crippen molar-refractivity contribution in [1.29, 1.82) is 0 Å². The summed E-state index contributed by atoms with van der Waals surface area (Å²) in [7, 11) is 0. The van der Waals surface area contributed by atoms with E-state index in [4.69, 9.17) is 5.73 Å². The number of hydrogen-bond acceptors (Lipinski definition) is 2. The first-order chi connectivity index (χ1) is 11.2. The third kappa shape index (κ3) is 3.11. The second kappa shape index (κ2) is 6.40. The summed E-state index contributed by atoms with van der Waals surface area (Å²) in [6, 6.07) is 16.1. The number of primary amides is 1. The van der Waals surface area contributed by atoms with Gasteiger partial charge in [-0.15, -0.1) is 0 Å². The van der Waals surface area contributed by atoms with E-state index in [0.29, 0.717) is 23.1 Å². The number of carbonyl (C=O) groups excluding carboxylic acids is 1. The van der Waals surface area contributed by atoms with Gasteiger partial charge in [-0.1, -0.05) is 42.5 Å². The third-order valence-electron chi connectivity index (χ3n) is 3.70. The van der Waals surface area contributed by atoms with Gasteiger partial charge in [0.15, 0.2) is 0 Å². The highest BCUT2D eigenvalue weighted by Crippen LogP contribution is 2.28.